The molecular formula is C55H106N+. The predicted molar refractivity (Wildman–Crippen MR) is 254 cm³/mol. The smallest absolute Gasteiger partial charge is 0.171 e. The zero-order chi connectivity index (χ0) is 40.1. The number of pyridine rings is 1. The minimum Gasteiger partial charge on any atom is -0.205 e. The van der Waals surface area contributed by atoms with Gasteiger partial charge < -0.3 is 0 Å². The van der Waals surface area contributed by atoms with Gasteiger partial charge in [0, 0.05) is 17.5 Å². The summed E-state index contributed by atoms with van der Waals surface area (Å²) in [6.45, 7) is 8.17. The van der Waals surface area contributed by atoms with Crippen LogP contribution in [0.2, 0.25) is 0 Å². The molecule has 1 heterocycles. The summed E-state index contributed by atoms with van der Waals surface area (Å²) in [5.74, 6) is 0. The molecule has 0 aromatic carbocycles. The van der Waals surface area contributed by atoms with Gasteiger partial charge in [-0.15, -0.1) is 0 Å². The van der Waals surface area contributed by atoms with Crippen molar-refractivity contribution in [1.82, 2.24) is 0 Å². The van der Waals surface area contributed by atoms with E-state index >= 15 is 0 Å². The van der Waals surface area contributed by atoms with E-state index < -0.39 is 0 Å². The number of aromatic nitrogens is 1. The minimum absolute atomic E-state index is 1.22. The summed E-state index contributed by atoms with van der Waals surface area (Å²) in [5.41, 5.74) is 3.23. The lowest BCUT2D eigenvalue weighted by Crippen LogP contribution is -2.34. The maximum absolute atomic E-state index is 2.60. The Morgan fingerprint density at radius 1 is 0.250 bits per heavy atom. The van der Waals surface area contributed by atoms with E-state index in [0.717, 1.165) is 0 Å². The number of unbranched alkanes of at least 4 members (excludes halogenated alkanes) is 41. The number of hydrogen-bond acceptors (Lipinski definition) is 0. The van der Waals surface area contributed by atoms with Crippen LogP contribution in [0.15, 0.2) is 18.5 Å². The lowest BCUT2D eigenvalue weighted by molar-refractivity contribution is -0.698. The van der Waals surface area contributed by atoms with E-state index in [4.69, 9.17) is 0 Å². The van der Waals surface area contributed by atoms with Crippen LogP contribution in [0.1, 0.15) is 314 Å². The van der Waals surface area contributed by atoms with Gasteiger partial charge in [0.25, 0.3) is 0 Å². The Bertz CT molecular complexity index is 824. The molecule has 330 valence electrons. The molecule has 0 fully saturated rings. The molecule has 1 heteroatoms. The van der Waals surface area contributed by atoms with Crippen molar-refractivity contribution in [3.05, 3.63) is 29.6 Å². The van der Waals surface area contributed by atoms with Crippen molar-refractivity contribution in [2.45, 2.75) is 323 Å². The number of aryl methyl sites for hydroxylation is 3. The minimum atomic E-state index is 1.22. The molecule has 0 saturated heterocycles. The zero-order valence-corrected chi connectivity index (χ0v) is 39.4. The summed E-state index contributed by atoms with van der Waals surface area (Å²) in [7, 11) is 0. The molecule has 0 aliphatic carbocycles. The first-order valence-electron chi connectivity index (χ1n) is 26.8. The monoisotopic (exact) mass is 781 g/mol. The number of rotatable bonds is 47. The Labute approximate surface area is 355 Å². The van der Waals surface area contributed by atoms with Crippen LogP contribution in [0.3, 0.4) is 0 Å². The normalized spacial score (nSPS) is 11.6. The molecule has 0 aliphatic heterocycles. The molecule has 1 aromatic heterocycles. The fraction of sp³-hybridized carbons (Fsp3) is 0.909. The summed E-state index contributed by atoms with van der Waals surface area (Å²) in [5, 5.41) is 0. The van der Waals surface area contributed by atoms with Gasteiger partial charge in [-0.25, -0.2) is 4.57 Å². The predicted octanol–water partition coefficient (Wildman–Crippen LogP) is 19.3. The zero-order valence-electron chi connectivity index (χ0n) is 39.4. The average molecular weight is 781 g/mol. The van der Waals surface area contributed by atoms with E-state index in [1.165, 1.54) is 302 Å². The molecule has 0 unspecified atom stereocenters. The van der Waals surface area contributed by atoms with Crippen LogP contribution < -0.4 is 4.57 Å². The van der Waals surface area contributed by atoms with Crippen LogP contribution in [0.25, 0.3) is 0 Å². The first-order chi connectivity index (χ1) is 27.8. The third-order valence-electron chi connectivity index (χ3n) is 12.9. The second kappa shape index (κ2) is 45.2. The third kappa shape index (κ3) is 38.7. The van der Waals surface area contributed by atoms with Gasteiger partial charge in [-0.1, -0.05) is 278 Å². The third-order valence-corrected chi connectivity index (χ3v) is 12.9. The van der Waals surface area contributed by atoms with Gasteiger partial charge in [-0.3, -0.25) is 0 Å². The second-order valence-electron chi connectivity index (χ2n) is 18.8. The molecule has 0 saturated carbocycles. The maximum atomic E-state index is 2.60. The molecule has 1 nitrogen and oxygen atoms in total. The van der Waals surface area contributed by atoms with E-state index in [0.29, 0.717) is 0 Å². The van der Waals surface area contributed by atoms with Crippen molar-refractivity contribution in [1.29, 1.82) is 0 Å². The Morgan fingerprint density at radius 2 is 0.446 bits per heavy atom. The van der Waals surface area contributed by atoms with Gasteiger partial charge in [-0.05, 0) is 38.2 Å². The van der Waals surface area contributed by atoms with Crippen LogP contribution in [0.4, 0.5) is 0 Å². The standard InChI is InChI=1S/C55H106N/c1-4-7-10-13-16-19-22-25-28-29-32-35-38-41-44-47-50-56-52-54(48-45-42-39-36-33-30-26-23-20-17-14-11-8-5-2)51-55(53-56)49-46-43-40-37-34-31-27-24-21-18-15-12-9-6-3/h51-53H,4-50H2,1-3H3/q+1. The van der Waals surface area contributed by atoms with Gasteiger partial charge >= 0.3 is 0 Å². The highest BCUT2D eigenvalue weighted by atomic mass is 14.9. The SMILES string of the molecule is CCCCCCCCCCCCCCCCCC[n+]1cc(CCCCCCCCCCCCCCCC)cc(CCCCCCCCCCCCCCCC)c1. The molecule has 56 heavy (non-hydrogen) atoms. The van der Waals surface area contributed by atoms with E-state index in [2.05, 4.69) is 43.8 Å². The molecule has 0 bridgehead atoms. The maximum Gasteiger partial charge on any atom is 0.171 e. The van der Waals surface area contributed by atoms with E-state index in [1.54, 1.807) is 11.1 Å². The summed E-state index contributed by atoms with van der Waals surface area (Å²) < 4.78 is 2.60. The van der Waals surface area contributed by atoms with Crippen LogP contribution in [0.5, 0.6) is 0 Å². The van der Waals surface area contributed by atoms with E-state index in [1.807, 2.05) is 0 Å². The summed E-state index contributed by atoms with van der Waals surface area (Å²) >= 11 is 0. The van der Waals surface area contributed by atoms with Gasteiger partial charge in [0.2, 0.25) is 0 Å². The first kappa shape index (κ1) is 53.2. The van der Waals surface area contributed by atoms with Crippen molar-refractivity contribution in [2.75, 3.05) is 0 Å². The summed E-state index contributed by atoms with van der Waals surface area (Å²) in [6, 6.07) is 2.59. The second-order valence-corrected chi connectivity index (χ2v) is 18.8. The Morgan fingerprint density at radius 3 is 0.679 bits per heavy atom. The van der Waals surface area contributed by atoms with Crippen molar-refractivity contribution >= 4 is 0 Å². The van der Waals surface area contributed by atoms with Gasteiger partial charge in [0.1, 0.15) is 6.54 Å². The van der Waals surface area contributed by atoms with Crippen LogP contribution in [0, 0.1) is 0 Å². The molecule has 0 amide bonds. The van der Waals surface area contributed by atoms with Crippen molar-refractivity contribution < 1.29 is 4.57 Å². The quantitative estimate of drug-likeness (QED) is 0.0458. The van der Waals surface area contributed by atoms with E-state index in [9.17, 15) is 0 Å². The average Bonchev–Trinajstić information content (AvgIpc) is 3.21. The molecule has 1 aromatic rings. The van der Waals surface area contributed by atoms with Crippen LogP contribution in [-0.4, -0.2) is 0 Å². The molecule has 1 rings (SSSR count). The Balaban J connectivity index is 2.27. The van der Waals surface area contributed by atoms with Gasteiger partial charge in [0.15, 0.2) is 12.4 Å². The largest absolute Gasteiger partial charge is 0.205 e. The first-order valence-corrected chi connectivity index (χ1v) is 26.8. The molecule has 0 radical (unpaired) electrons. The fourth-order valence-electron chi connectivity index (χ4n) is 9.07. The molecule has 0 aliphatic rings. The molecule has 0 spiro atoms. The molecule has 0 N–H and O–H groups in total. The lowest BCUT2D eigenvalue weighted by atomic mass is 10.0. The highest BCUT2D eigenvalue weighted by Crippen LogP contribution is 2.18. The van der Waals surface area contributed by atoms with Gasteiger partial charge in [0.05, 0.1) is 0 Å². The highest BCUT2D eigenvalue weighted by Gasteiger charge is 2.09. The van der Waals surface area contributed by atoms with Crippen molar-refractivity contribution in [3.63, 3.8) is 0 Å². The van der Waals surface area contributed by atoms with Crippen LogP contribution in [-0.2, 0) is 19.4 Å². The molecular weight excluding hydrogens is 675 g/mol. The molecule has 0 atom stereocenters. The van der Waals surface area contributed by atoms with Crippen molar-refractivity contribution in [2.24, 2.45) is 0 Å². The number of hydrogen-bond donors (Lipinski definition) is 0. The Hall–Kier alpha value is -0.850. The topological polar surface area (TPSA) is 3.88 Å². The van der Waals surface area contributed by atoms with Crippen molar-refractivity contribution in [3.8, 4) is 0 Å². The van der Waals surface area contributed by atoms with E-state index in [-0.39, 0.29) is 0 Å². The van der Waals surface area contributed by atoms with Crippen LogP contribution >= 0.6 is 0 Å². The number of nitrogens with zero attached hydrogens (tertiary/aromatic N) is 1. The van der Waals surface area contributed by atoms with Gasteiger partial charge in [-0.2, -0.15) is 0 Å². The fourth-order valence-corrected chi connectivity index (χ4v) is 9.07. The highest BCUT2D eigenvalue weighted by molar-refractivity contribution is 5.15. The summed E-state index contributed by atoms with van der Waals surface area (Å²) in [6.07, 6.45) is 71.2. The summed E-state index contributed by atoms with van der Waals surface area (Å²) in [4.78, 5) is 0. The Kier molecular flexibility index (Phi) is 43.0. The lowest BCUT2D eigenvalue weighted by Gasteiger charge is -2.08.